The molecule has 0 unspecified atom stereocenters. The van der Waals surface area contributed by atoms with Crippen LogP contribution in [-0.2, 0) is 5.60 Å². The number of halogens is 1. The summed E-state index contributed by atoms with van der Waals surface area (Å²) in [7, 11) is 0. The zero-order valence-corrected chi connectivity index (χ0v) is 11.4. The predicted molar refractivity (Wildman–Crippen MR) is 72.5 cm³/mol. The van der Waals surface area contributed by atoms with Crippen molar-refractivity contribution in [2.24, 2.45) is 0 Å². The standard InChI is InChI=1S/C15H21ClO/c1-11(2)12-6-7-14(16)13(10-12)15(17)8-4-3-5-9-15/h6-7,10-11,17H,3-5,8-9H2,1-2H3. The van der Waals surface area contributed by atoms with Crippen LogP contribution in [0.4, 0.5) is 0 Å². The molecule has 0 aromatic heterocycles. The van der Waals surface area contributed by atoms with Crippen LogP contribution in [0.25, 0.3) is 0 Å². The van der Waals surface area contributed by atoms with Crippen LogP contribution in [0.3, 0.4) is 0 Å². The summed E-state index contributed by atoms with van der Waals surface area (Å²) in [4.78, 5) is 0. The average molecular weight is 253 g/mol. The third kappa shape index (κ3) is 2.66. The van der Waals surface area contributed by atoms with Crippen molar-refractivity contribution in [2.45, 2.75) is 57.5 Å². The molecule has 0 amide bonds. The molecule has 1 aliphatic carbocycles. The van der Waals surface area contributed by atoms with E-state index in [1.165, 1.54) is 12.0 Å². The Bertz CT molecular complexity index is 392. The Balaban J connectivity index is 2.38. The number of hydrogen-bond acceptors (Lipinski definition) is 1. The zero-order chi connectivity index (χ0) is 12.5. The van der Waals surface area contributed by atoms with Crippen molar-refractivity contribution in [3.63, 3.8) is 0 Å². The summed E-state index contributed by atoms with van der Waals surface area (Å²) < 4.78 is 0. The second kappa shape index (κ2) is 4.99. The molecule has 1 fully saturated rings. The van der Waals surface area contributed by atoms with Crippen LogP contribution >= 0.6 is 11.6 Å². The van der Waals surface area contributed by atoms with Crippen LogP contribution in [-0.4, -0.2) is 5.11 Å². The molecule has 0 radical (unpaired) electrons. The lowest BCUT2D eigenvalue weighted by atomic mass is 9.79. The van der Waals surface area contributed by atoms with Crippen LogP contribution in [0.15, 0.2) is 18.2 Å². The Morgan fingerprint density at radius 1 is 1.18 bits per heavy atom. The number of rotatable bonds is 2. The van der Waals surface area contributed by atoms with Crippen molar-refractivity contribution in [2.75, 3.05) is 0 Å². The summed E-state index contributed by atoms with van der Waals surface area (Å²) in [6.45, 7) is 4.33. The molecule has 0 bridgehead atoms. The van der Waals surface area contributed by atoms with Crippen molar-refractivity contribution in [3.8, 4) is 0 Å². The Morgan fingerprint density at radius 3 is 2.41 bits per heavy atom. The lowest BCUT2D eigenvalue weighted by Gasteiger charge is -2.33. The molecule has 1 aromatic carbocycles. The van der Waals surface area contributed by atoms with Crippen molar-refractivity contribution < 1.29 is 5.11 Å². The van der Waals surface area contributed by atoms with E-state index >= 15 is 0 Å². The van der Waals surface area contributed by atoms with Gasteiger partial charge in [0.25, 0.3) is 0 Å². The van der Waals surface area contributed by atoms with E-state index in [-0.39, 0.29) is 0 Å². The van der Waals surface area contributed by atoms with E-state index in [1.807, 2.05) is 6.07 Å². The fourth-order valence-corrected chi connectivity index (χ4v) is 2.96. The molecule has 0 spiro atoms. The minimum Gasteiger partial charge on any atom is -0.385 e. The van der Waals surface area contributed by atoms with Crippen molar-refractivity contribution in [1.29, 1.82) is 0 Å². The first-order valence-corrected chi connectivity index (χ1v) is 6.93. The molecule has 2 heteroatoms. The van der Waals surface area contributed by atoms with Gasteiger partial charge in [-0.3, -0.25) is 0 Å². The van der Waals surface area contributed by atoms with Gasteiger partial charge in [0.2, 0.25) is 0 Å². The third-order valence-corrected chi connectivity index (χ3v) is 4.17. The SMILES string of the molecule is CC(C)c1ccc(Cl)c(C2(O)CCCCC2)c1. The van der Waals surface area contributed by atoms with Gasteiger partial charge in [-0.2, -0.15) is 0 Å². The highest BCUT2D eigenvalue weighted by molar-refractivity contribution is 6.31. The maximum Gasteiger partial charge on any atom is 0.0911 e. The Morgan fingerprint density at radius 2 is 1.82 bits per heavy atom. The summed E-state index contributed by atoms with van der Waals surface area (Å²) in [5, 5.41) is 11.5. The molecule has 0 atom stereocenters. The molecule has 1 aromatic rings. The van der Waals surface area contributed by atoms with Crippen LogP contribution in [0.5, 0.6) is 0 Å². The Labute approximate surface area is 109 Å². The van der Waals surface area contributed by atoms with Gasteiger partial charge >= 0.3 is 0 Å². The monoisotopic (exact) mass is 252 g/mol. The first-order chi connectivity index (χ1) is 8.03. The van der Waals surface area contributed by atoms with E-state index in [9.17, 15) is 5.11 Å². The second-order valence-electron chi connectivity index (χ2n) is 5.49. The number of benzene rings is 1. The molecule has 17 heavy (non-hydrogen) atoms. The molecule has 1 N–H and O–H groups in total. The van der Waals surface area contributed by atoms with Crippen molar-refractivity contribution in [1.82, 2.24) is 0 Å². The first-order valence-electron chi connectivity index (χ1n) is 6.55. The van der Waals surface area contributed by atoms with Gasteiger partial charge < -0.3 is 5.11 Å². The molecule has 1 nitrogen and oxygen atoms in total. The summed E-state index contributed by atoms with van der Waals surface area (Å²) in [5.74, 6) is 0.471. The topological polar surface area (TPSA) is 20.2 Å². The molecule has 1 saturated carbocycles. The smallest absolute Gasteiger partial charge is 0.0911 e. The van der Waals surface area contributed by atoms with Gasteiger partial charge in [-0.25, -0.2) is 0 Å². The second-order valence-corrected chi connectivity index (χ2v) is 5.89. The quantitative estimate of drug-likeness (QED) is 0.815. The molecule has 2 rings (SSSR count). The van der Waals surface area contributed by atoms with Gasteiger partial charge in [0.15, 0.2) is 0 Å². The maximum absolute atomic E-state index is 10.7. The van der Waals surface area contributed by atoms with Crippen LogP contribution < -0.4 is 0 Å². The molecule has 1 aliphatic rings. The number of aliphatic hydroxyl groups is 1. The van der Waals surface area contributed by atoms with Gasteiger partial charge in [0.05, 0.1) is 5.60 Å². The van der Waals surface area contributed by atoms with Crippen LogP contribution in [0.2, 0.25) is 5.02 Å². The van der Waals surface area contributed by atoms with E-state index in [0.717, 1.165) is 31.2 Å². The average Bonchev–Trinajstić information content (AvgIpc) is 2.30. The predicted octanol–water partition coefficient (Wildman–Crippen LogP) is 4.62. The number of hydrogen-bond donors (Lipinski definition) is 1. The Kier molecular flexibility index (Phi) is 3.79. The third-order valence-electron chi connectivity index (χ3n) is 3.84. The van der Waals surface area contributed by atoms with E-state index in [1.54, 1.807) is 0 Å². The summed E-state index contributed by atoms with van der Waals surface area (Å²) in [5.41, 5.74) is 1.49. The molecule has 0 aliphatic heterocycles. The molecule has 0 saturated heterocycles. The zero-order valence-electron chi connectivity index (χ0n) is 10.7. The van der Waals surface area contributed by atoms with Crippen LogP contribution in [0, 0.1) is 0 Å². The maximum atomic E-state index is 10.7. The van der Waals surface area contributed by atoms with E-state index in [4.69, 9.17) is 11.6 Å². The summed E-state index contributed by atoms with van der Waals surface area (Å²) in [6.07, 6.45) is 5.10. The highest BCUT2D eigenvalue weighted by atomic mass is 35.5. The van der Waals surface area contributed by atoms with Crippen molar-refractivity contribution >= 4 is 11.6 Å². The van der Waals surface area contributed by atoms with Gasteiger partial charge in [0, 0.05) is 10.6 Å². The fourth-order valence-electron chi connectivity index (χ4n) is 2.66. The molecular formula is C15H21ClO. The van der Waals surface area contributed by atoms with Gasteiger partial charge in [-0.15, -0.1) is 0 Å². The van der Waals surface area contributed by atoms with E-state index < -0.39 is 5.60 Å². The molecular weight excluding hydrogens is 232 g/mol. The summed E-state index contributed by atoms with van der Waals surface area (Å²) in [6, 6.07) is 6.08. The minimum atomic E-state index is -0.694. The lowest BCUT2D eigenvalue weighted by Crippen LogP contribution is -2.29. The lowest BCUT2D eigenvalue weighted by molar-refractivity contribution is -0.000598. The first kappa shape index (κ1) is 12.9. The Hall–Kier alpha value is -0.530. The van der Waals surface area contributed by atoms with E-state index in [2.05, 4.69) is 26.0 Å². The normalized spacial score (nSPS) is 19.6. The highest BCUT2D eigenvalue weighted by Crippen LogP contribution is 2.41. The highest BCUT2D eigenvalue weighted by Gasteiger charge is 2.33. The fraction of sp³-hybridized carbons (Fsp3) is 0.600. The van der Waals surface area contributed by atoms with Crippen molar-refractivity contribution in [3.05, 3.63) is 34.3 Å². The van der Waals surface area contributed by atoms with Gasteiger partial charge in [-0.1, -0.05) is 56.8 Å². The largest absolute Gasteiger partial charge is 0.385 e. The van der Waals surface area contributed by atoms with Crippen LogP contribution in [0.1, 0.15) is 63.0 Å². The van der Waals surface area contributed by atoms with Gasteiger partial charge in [-0.05, 0) is 30.4 Å². The minimum absolute atomic E-state index is 0.471. The summed E-state index contributed by atoms with van der Waals surface area (Å²) >= 11 is 6.26. The van der Waals surface area contributed by atoms with Gasteiger partial charge in [0.1, 0.15) is 0 Å². The van der Waals surface area contributed by atoms with E-state index in [0.29, 0.717) is 10.9 Å². The molecule has 94 valence electrons. The molecule has 0 heterocycles.